The Morgan fingerprint density at radius 1 is 1.11 bits per heavy atom. The monoisotopic (exact) mass is 243 g/mol. The average Bonchev–Trinajstić information content (AvgIpc) is 3.05. The first-order valence-corrected chi connectivity index (χ1v) is 7.42. The molecule has 2 nitrogen and oxygen atoms in total. The molecule has 1 aromatic carbocycles. The van der Waals surface area contributed by atoms with E-state index in [1.807, 2.05) is 0 Å². The maximum Gasteiger partial charge on any atom is 0.127 e. The zero-order chi connectivity index (χ0) is 11.9. The van der Waals surface area contributed by atoms with Crippen LogP contribution in [0.3, 0.4) is 0 Å². The Labute approximate surface area is 109 Å². The predicted octanol–water partition coefficient (Wildman–Crippen LogP) is 3.21. The summed E-state index contributed by atoms with van der Waals surface area (Å²) in [5.74, 6) is 2.13. The van der Waals surface area contributed by atoms with Crippen molar-refractivity contribution in [3.8, 4) is 5.75 Å². The third-order valence-corrected chi connectivity index (χ3v) is 5.02. The van der Waals surface area contributed by atoms with E-state index in [9.17, 15) is 0 Å². The number of fused-ring (bicyclic) bond motifs is 2. The molecule has 0 bridgehead atoms. The van der Waals surface area contributed by atoms with Gasteiger partial charge in [-0.05, 0) is 37.2 Å². The van der Waals surface area contributed by atoms with Crippen LogP contribution in [0.1, 0.15) is 49.3 Å². The van der Waals surface area contributed by atoms with Crippen molar-refractivity contribution in [1.82, 2.24) is 5.32 Å². The molecule has 1 saturated carbocycles. The predicted molar refractivity (Wildman–Crippen MR) is 71.9 cm³/mol. The summed E-state index contributed by atoms with van der Waals surface area (Å²) in [5, 5.41) is 3.88. The Bertz CT molecular complexity index is 456. The van der Waals surface area contributed by atoms with E-state index >= 15 is 0 Å². The molecule has 2 aliphatic heterocycles. The van der Waals surface area contributed by atoms with Crippen LogP contribution in [0.25, 0.3) is 0 Å². The number of benzene rings is 1. The molecule has 96 valence electrons. The number of ether oxygens (including phenoxy) is 1. The van der Waals surface area contributed by atoms with Gasteiger partial charge in [0, 0.05) is 24.1 Å². The third kappa shape index (κ3) is 1.66. The van der Waals surface area contributed by atoms with Gasteiger partial charge in [0.2, 0.25) is 0 Å². The first kappa shape index (κ1) is 10.9. The second kappa shape index (κ2) is 4.27. The Morgan fingerprint density at radius 3 is 3.11 bits per heavy atom. The van der Waals surface area contributed by atoms with Gasteiger partial charge in [-0.15, -0.1) is 0 Å². The summed E-state index contributed by atoms with van der Waals surface area (Å²) < 4.78 is 5.85. The maximum absolute atomic E-state index is 5.85. The highest BCUT2D eigenvalue weighted by atomic mass is 16.5. The van der Waals surface area contributed by atoms with Crippen LogP contribution in [0, 0.1) is 5.92 Å². The zero-order valence-electron chi connectivity index (χ0n) is 10.8. The van der Waals surface area contributed by atoms with Gasteiger partial charge in [-0.3, -0.25) is 0 Å². The first-order valence-electron chi connectivity index (χ1n) is 7.42. The minimum atomic E-state index is 0.525. The molecule has 0 amide bonds. The SMILES string of the molecule is c1cc2c(c(C3CCC4CCCC4N3)c1)OCC2. The lowest BCUT2D eigenvalue weighted by Crippen LogP contribution is -2.40. The van der Waals surface area contributed by atoms with Crippen LogP contribution >= 0.6 is 0 Å². The van der Waals surface area contributed by atoms with Gasteiger partial charge in [0.05, 0.1) is 6.61 Å². The van der Waals surface area contributed by atoms with Crippen LogP contribution < -0.4 is 10.1 Å². The minimum absolute atomic E-state index is 0.525. The van der Waals surface area contributed by atoms with Crippen LogP contribution in [0.4, 0.5) is 0 Å². The number of nitrogens with one attached hydrogen (secondary N) is 1. The van der Waals surface area contributed by atoms with Gasteiger partial charge < -0.3 is 10.1 Å². The van der Waals surface area contributed by atoms with E-state index in [1.165, 1.54) is 49.0 Å². The van der Waals surface area contributed by atoms with Gasteiger partial charge in [0.1, 0.15) is 5.75 Å². The number of rotatable bonds is 1. The Morgan fingerprint density at radius 2 is 2.11 bits per heavy atom. The lowest BCUT2D eigenvalue weighted by molar-refractivity contribution is 0.255. The van der Waals surface area contributed by atoms with E-state index in [1.54, 1.807) is 0 Å². The molecule has 1 N–H and O–H groups in total. The standard InChI is InChI=1S/C16H21NO/c1-4-12-9-10-18-16(12)13(5-1)15-8-7-11-3-2-6-14(11)17-15/h1,4-5,11,14-15,17H,2-3,6-10H2. The smallest absolute Gasteiger partial charge is 0.127 e. The lowest BCUT2D eigenvalue weighted by Gasteiger charge is -2.34. The molecule has 1 aromatic rings. The molecular weight excluding hydrogens is 222 g/mol. The molecule has 2 fully saturated rings. The van der Waals surface area contributed by atoms with Crippen LogP contribution in [0.2, 0.25) is 0 Å². The van der Waals surface area contributed by atoms with Gasteiger partial charge >= 0.3 is 0 Å². The molecule has 0 radical (unpaired) electrons. The van der Waals surface area contributed by atoms with Crippen molar-refractivity contribution in [2.75, 3.05) is 6.61 Å². The normalized spacial score (nSPS) is 33.9. The number of piperidine rings is 1. The van der Waals surface area contributed by atoms with Gasteiger partial charge in [0.15, 0.2) is 0 Å². The van der Waals surface area contributed by atoms with Crippen molar-refractivity contribution >= 4 is 0 Å². The average molecular weight is 243 g/mol. The Hall–Kier alpha value is -1.02. The van der Waals surface area contributed by atoms with Crippen molar-refractivity contribution in [2.24, 2.45) is 5.92 Å². The first-order chi connectivity index (χ1) is 8.92. The third-order valence-electron chi connectivity index (χ3n) is 5.02. The molecule has 2 heterocycles. The second-order valence-electron chi connectivity index (χ2n) is 6.03. The molecule has 2 heteroatoms. The van der Waals surface area contributed by atoms with E-state index in [4.69, 9.17) is 4.74 Å². The summed E-state index contributed by atoms with van der Waals surface area (Å²) in [5.41, 5.74) is 2.82. The van der Waals surface area contributed by atoms with Crippen molar-refractivity contribution < 1.29 is 4.74 Å². The van der Waals surface area contributed by atoms with E-state index < -0.39 is 0 Å². The van der Waals surface area contributed by atoms with E-state index in [-0.39, 0.29) is 0 Å². The quantitative estimate of drug-likeness (QED) is 0.817. The fourth-order valence-electron chi connectivity index (χ4n) is 4.08. The molecule has 1 aliphatic carbocycles. The Kier molecular flexibility index (Phi) is 2.58. The fraction of sp³-hybridized carbons (Fsp3) is 0.625. The molecule has 3 atom stereocenters. The highest BCUT2D eigenvalue weighted by Crippen LogP contribution is 2.41. The van der Waals surface area contributed by atoms with E-state index in [2.05, 4.69) is 23.5 Å². The largest absolute Gasteiger partial charge is 0.493 e. The Balaban J connectivity index is 1.62. The molecule has 3 aliphatic rings. The number of hydrogen-bond acceptors (Lipinski definition) is 2. The van der Waals surface area contributed by atoms with Crippen molar-refractivity contribution in [1.29, 1.82) is 0 Å². The summed E-state index contributed by atoms with van der Waals surface area (Å²) >= 11 is 0. The van der Waals surface area contributed by atoms with Crippen LogP contribution in [0.5, 0.6) is 5.75 Å². The lowest BCUT2D eigenvalue weighted by atomic mass is 9.86. The van der Waals surface area contributed by atoms with Gasteiger partial charge in [-0.25, -0.2) is 0 Å². The molecule has 0 spiro atoms. The van der Waals surface area contributed by atoms with E-state index in [0.717, 1.165) is 25.0 Å². The summed E-state index contributed by atoms with van der Waals surface area (Å²) in [4.78, 5) is 0. The number of hydrogen-bond donors (Lipinski definition) is 1. The van der Waals surface area contributed by atoms with Gasteiger partial charge in [-0.1, -0.05) is 24.6 Å². The van der Waals surface area contributed by atoms with Crippen LogP contribution in [0.15, 0.2) is 18.2 Å². The van der Waals surface area contributed by atoms with Gasteiger partial charge in [0.25, 0.3) is 0 Å². The van der Waals surface area contributed by atoms with Crippen molar-refractivity contribution in [3.05, 3.63) is 29.3 Å². The fourth-order valence-corrected chi connectivity index (χ4v) is 4.08. The summed E-state index contributed by atoms with van der Waals surface area (Å²) in [6.07, 6.45) is 7.98. The van der Waals surface area contributed by atoms with Crippen molar-refractivity contribution in [3.63, 3.8) is 0 Å². The van der Waals surface area contributed by atoms with Crippen molar-refractivity contribution in [2.45, 2.75) is 50.6 Å². The summed E-state index contributed by atoms with van der Waals surface area (Å²) in [7, 11) is 0. The topological polar surface area (TPSA) is 21.3 Å². The minimum Gasteiger partial charge on any atom is -0.493 e. The van der Waals surface area contributed by atoms with Gasteiger partial charge in [-0.2, -0.15) is 0 Å². The molecule has 18 heavy (non-hydrogen) atoms. The molecule has 0 aromatic heterocycles. The highest BCUT2D eigenvalue weighted by molar-refractivity contribution is 5.45. The maximum atomic E-state index is 5.85. The second-order valence-corrected chi connectivity index (χ2v) is 6.03. The van der Waals surface area contributed by atoms with Crippen LogP contribution in [-0.2, 0) is 6.42 Å². The van der Waals surface area contributed by atoms with Crippen LogP contribution in [-0.4, -0.2) is 12.6 Å². The number of para-hydroxylation sites is 1. The van der Waals surface area contributed by atoms with E-state index in [0.29, 0.717) is 6.04 Å². The summed E-state index contributed by atoms with van der Waals surface area (Å²) in [6.45, 7) is 0.866. The molecule has 1 saturated heterocycles. The summed E-state index contributed by atoms with van der Waals surface area (Å²) in [6, 6.07) is 7.97. The molecule has 4 rings (SSSR count). The highest BCUT2D eigenvalue weighted by Gasteiger charge is 2.35. The molecule has 3 unspecified atom stereocenters. The zero-order valence-corrected chi connectivity index (χ0v) is 10.8. The molecular formula is C16H21NO.